The van der Waals surface area contributed by atoms with Crippen molar-refractivity contribution in [2.24, 2.45) is 4.99 Å². The smallest absolute Gasteiger partial charge is 0.166 e. The van der Waals surface area contributed by atoms with Crippen molar-refractivity contribution in [3.8, 4) is 11.3 Å². The fraction of sp³-hybridized carbons (Fsp3) is 0.138. The number of aromatic nitrogens is 3. The van der Waals surface area contributed by atoms with Crippen molar-refractivity contribution in [1.82, 2.24) is 15.0 Å². The second-order valence-corrected chi connectivity index (χ2v) is 19.8. The summed E-state index contributed by atoms with van der Waals surface area (Å²) in [5, 5.41) is 5.07. The van der Waals surface area contributed by atoms with E-state index in [4.69, 9.17) is 4.99 Å². The Morgan fingerprint density at radius 3 is 1.65 bits per heavy atom. The molecular formula is C58H50N4OS2. The van der Waals surface area contributed by atoms with Gasteiger partial charge in [0.25, 0.3) is 0 Å². The van der Waals surface area contributed by atoms with Gasteiger partial charge in [-0.05, 0) is 126 Å². The Morgan fingerprint density at radius 2 is 1.03 bits per heavy atom. The molecule has 3 N–H and O–H groups in total. The van der Waals surface area contributed by atoms with E-state index >= 15 is 0 Å². The van der Waals surface area contributed by atoms with Crippen molar-refractivity contribution >= 4 is 97.8 Å². The van der Waals surface area contributed by atoms with Crippen molar-refractivity contribution in [3.63, 3.8) is 0 Å². The van der Waals surface area contributed by atoms with Crippen LogP contribution < -0.4 is 0 Å². The van der Waals surface area contributed by atoms with Crippen molar-refractivity contribution < 1.29 is 4.79 Å². The van der Waals surface area contributed by atoms with Gasteiger partial charge in [0, 0.05) is 59.7 Å². The first-order chi connectivity index (χ1) is 31.4. The molecule has 0 fully saturated rings. The maximum Gasteiger partial charge on any atom is 0.166 e. The molecule has 0 amide bonds. The molecular weight excluding hydrogens is 833 g/mol. The van der Waals surface area contributed by atoms with E-state index in [1.165, 1.54) is 114 Å². The average Bonchev–Trinajstić information content (AvgIpc) is 4.12. The summed E-state index contributed by atoms with van der Waals surface area (Å²) in [5.41, 5.74) is 22.8. The van der Waals surface area contributed by atoms with Crippen LogP contribution in [-0.2, 0) is 0 Å². The molecule has 12 rings (SSSR count). The first-order valence-corrected chi connectivity index (χ1v) is 23.7. The average molecular weight is 883 g/mol. The molecule has 5 nitrogen and oxygen atoms in total. The van der Waals surface area contributed by atoms with Gasteiger partial charge in [0.05, 0.1) is 43.2 Å². The van der Waals surface area contributed by atoms with Crippen LogP contribution in [0, 0.1) is 55.4 Å². The fourth-order valence-corrected chi connectivity index (χ4v) is 11.9. The van der Waals surface area contributed by atoms with Crippen molar-refractivity contribution in [3.05, 3.63) is 200 Å². The number of fused-ring (bicyclic) bond motifs is 8. The molecule has 0 radical (unpaired) electrons. The minimum absolute atomic E-state index is 0.650. The molecule has 0 atom stereocenters. The third kappa shape index (κ3) is 7.85. The highest BCUT2D eigenvalue weighted by molar-refractivity contribution is 7.26. The van der Waals surface area contributed by atoms with Crippen LogP contribution in [0.15, 0.2) is 133 Å². The molecule has 6 heterocycles. The molecule has 0 spiro atoms. The largest absolute Gasteiger partial charge is 0.360 e. The molecule has 11 aromatic rings. The number of H-pyrrole nitrogens is 3. The van der Waals surface area contributed by atoms with Crippen molar-refractivity contribution in [1.29, 1.82) is 0 Å². The zero-order chi connectivity index (χ0) is 45.1. The standard InChI is InChI=1S/C29H24N2S.C18H19N.C11H7NOS/c1-16-9-10-21-23(13-16)29(27-18(3)11-17(2)12-19(27)4)31-24(21)14-20-15-26-28(30-20)22-7-5-6-8-25(22)32-26;1-11-5-6-15-10-19-18(16(15)9-11)17-13(3)7-12(2)8-14(17)4;13-6-7-5-10-11(12-7)8-3-1-2-4-9(8)14-10/h5-15,30H,1-4H3;5-10,19H,1-4H3;1-6,12H. The topological polar surface area (TPSA) is 76.8 Å². The Kier molecular flexibility index (Phi) is 10.8. The number of carbonyl (C=O) groups is 1. The third-order valence-corrected chi connectivity index (χ3v) is 14.6. The number of nitrogens with zero attached hydrogens (tertiary/aromatic N) is 1. The molecule has 0 unspecified atom stereocenters. The van der Waals surface area contributed by atoms with Crippen LogP contribution in [-0.4, -0.2) is 26.9 Å². The third-order valence-electron chi connectivity index (χ3n) is 12.4. The lowest BCUT2D eigenvalue weighted by Crippen LogP contribution is -2.06. The maximum atomic E-state index is 10.6. The quantitative estimate of drug-likeness (QED) is 0.151. The highest BCUT2D eigenvalue weighted by Crippen LogP contribution is 2.39. The number of aromatic amines is 3. The summed E-state index contributed by atoms with van der Waals surface area (Å²) in [6, 6.07) is 43.2. The summed E-state index contributed by atoms with van der Waals surface area (Å²) in [5.74, 6) is 0. The van der Waals surface area contributed by atoms with E-state index in [0.29, 0.717) is 5.69 Å². The van der Waals surface area contributed by atoms with Crippen molar-refractivity contribution in [2.45, 2.75) is 55.4 Å². The molecule has 0 aliphatic carbocycles. The highest BCUT2D eigenvalue weighted by atomic mass is 32.1. The molecule has 1 aliphatic heterocycles. The monoisotopic (exact) mass is 882 g/mol. The van der Waals surface area contributed by atoms with Gasteiger partial charge >= 0.3 is 0 Å². The Labute approximate surface area is 387 Å². The molecule has 320 valence electrons. The van der Waals surface area contributed by atoms with Crippen LogP contribution in [0.4, 0.5) is 0 Å². The minimum Gasteiger partial charge on any atom is -0.360 e. The Balaban J connectivity index is 0.000000127. The van der Waals surface area contributed by atoms with Gasteiger partial charge in [0.1, 0.15) is 0 Å². The van der Waals surface area contributed by atoms with Gasteiger partial charge in [-0.3, -0.25) is 4.79 Å². The summed E-state index contributed by atoms with van der Waals surface area (Å²) in [6.07, 6.45) is 5.14. The molecule has 6 aromatic carbocycles. The predicted molar refractivity (Wildman–Crippen MR) is 281 cm³/mol. The normalized spacial score (nSPS) is 12.8. The van der Waals surface area contributed by atoms with Crippen LogP contribution in [0.25, 0.3) is 74.4 Å². The van der Waals surface area contributed by atoms with Gasteiger partial charge in [-0.25, -0.2) is 4.99 Å². The second-order valence-electron chi connectivity index (χ2n) is 17.6. The molecule has 65 heavy (non-hydrogen) atoms. The van der Waals surface area contributed by atoms with Crippen LogP contribution >= 0.6 is 22.7 Å². The number of aliphatic imine (C=N–C) groups is 1. The van der Waals surface area contributed by atoms with Gasteiger partial charge < -0.3 is 15.0 Å². The number of hydrogen-bond donors (Lipinski definition) is 3. The first-order valence-electron chi connectivity index (χ1n) is 22.0. The van der Waals surface area contributed by atoms with Crippen molar-refractivity contribution in [2.75, 3.05) is 0 Å². The lowest BCUT2D eigenvalue weighted by Gasteiger charge is -2.12. The lowest BCUT2D eigenvalue weighted by molar-refractivity contribution is 0.111. The minimum atomic E-state index is 0.650. The van der Waals surface area contributed by atoms with Crippen LogP contribution in [0.1, 0.15) is 77.4 Å². The van der Waals surface area contributed by atoms with E-state index < -0.39 is 0 Å². The number of carbonyl (C=O) groups excluding carboxylic acids is 1. The van der Waals surface area contributed by atoms with Crippen LogP contribution in [0.5, 0.6) is 0 Å². The molecule has 1 aliphatic rings. The zero-order valence-corrected chi connectivity index (χ0v) is 39.6. The van der Waals surface area contributed by atoms with Gasteiger partial charge in [0.15, 0.2) is 6.29 Å². The summed E-state index contributed by atoms with van der Waals surface area (Å²) in [4.78, 5) is 26.0. The summed E-state index contributed by atoms with van der Waals surface area (Å²) >= 11 is 3.54. The number of benzene rings is 6. The predicted octanol–water partition coefficient (Wildman–Crippen LogP) is 16.2. The number of aldehydes is 1. The van der Waals surface area contributed by atoms with E-state index in [1.54, 1.807) is 11.3 Å². The van der Waals surface area contributed by atoms with Crippen LogP contribution in [0.3, 0.4) is 0 Å². The van der Waals surface area contributed by atoms with E-state index in [0.717, 1.165) is 33.6 Å². The SMILES string of the molecule is Cc1cc(C)c(-c2[nH]cc3ccc(C)cc23)c(C)c1.Cc1cc(C)c(C2=NC(=Cc3cc4sc5ccccc5c4[nH]3)c3ccc(C)cc32)c(C)c1.O=Cc1cc2sc3ccccc3c2[nH]1. The Hall–Kier alpha value is -7.06. The number of aryl methyl sites for hydroxylation is 8. The van der Waals surface area contributed by atoms with E-state index in [2.05, 4.69) is 186 Å². The number of thiophene rings is 2. The van der Waals surface area contributed by atoms with Gasteiger partial charge in [-0.2, -0.15) is 0 Å². The number of rotatable bonds is 4. The lowest BCUT2D eigenvalue weighted by atomic mass is 9.91. The molecule has 0 saturated carbocycles. The molecule has 7 heteroatoms. The Bertz CT molecular complexity index is 3680. The summed E-state index contributed by atoms with van der Waals surface area (Å²) in [6.45, 7) is 17.4. The second kappa shape index (κ2) is 16.8. The van der Waals surface area contributed by atoms with Gasteiger partial charge in [0.2, 0.25) is 0 Å². The summed E-state index contributed by atoms with van der Waals surface area (Å²) in [7, 11) is 0. The zero-order valence-electron chi connectivity index (χ0n) is 38.0. The van der Waals surface area contributed by atoms with E-state index in [-0.39, 0.29) is 0 Å². The summed E-state index contributed by atoms with van der Waals surface area (Å²) < 4.78 is 5.01. The number of nitrogens with one attached hydrogen (secondary N) is 3. The Morgan fingerprint density at radius 1 is 0.492 bits per heavy atom. The van der Waals surface area contributed by atoms with Crippen LogP contribution in [0.2, 0.25) is 0 Å². The highest BCUT2D eigenvalue weighted by Gasteiger charge is 2.25. The van der Waals surface area contributed by atoms with E-state index in [1.807, 2.05) is 29.5 Å². The molecule has 0 bridgehead atoms. The first kappa shape index (κ1) is 41.9. The van der Waals surface area contributed by atoms with Gasteiger partial charge in [-0.15, -0.1) is 22.7 Å². The van der Waals surface area contributed by atoms with Gasteiger partial charge in [-0.1, -0.05) is 107 Å². The number of hydrogen-bond acceptors (Lipinski definition) is 4. The molecule has 0 saturated heterocycles. The maximum absolute atomic E-state index is 10.6. The van der Waals surface area contributed by atoms with E-state index in [9.17, 15) is 4.79 Å². The fourth-order valence-electron chi connectivity index (χ4n) is 9.72. The molecule has 5 aromatic heterocycles.